The van der Waals surface area contributed by atoms with E-state index in [0.29, 0.717) is 16.9 Å². The van der Waals surface area contributed by atoms with E-state index in [1.165, 1.54) is 12.1 Å². The molecule has 7 nitrogen and oxygen atoms in total. The van der Waals surface area contributed by atoms with Crippen molar-refractivity contribution in [2.75, 3.05) is 5.32 Å². The average molecular weight is 324 g/mol. The highest BCUT2D eigenvalue weighted by Gasteiger charge is 2.16. The van der Waals surface area contributed by atoms with Crippen molar-refractivity contribution in [1.29, 1.82) is 0 Å². The van der Waals surface area contributed by atoms with Crippen LogP contribution in [0.25, 0.3) is 5.65 Å². The lowest BCUT2D eigenvalue weighted by Gasteiger charge is -2.08. The monoisotopic (exact) mass is 324 g/mol. The molecule has 1 amide bonds. The van der Waals surface area contributed by atoms with Crippen LogP contribution in [0.1, 0.15) is 46.3 Å². The molecule has 2 heterocycles. The summed E-state index contributed by atoms with van der Waals surface area (Å²) in [5.74, 6) is -0.476. The first kappa shape index (κ1) is 15.7. The molecule has 122 valence electrons. The number of carboxylic acid groups (broad SMARTS) is 1. The minimum Gasteiger partial charge on any atom is -0.478 e. The number of anilines is 1. The molecule has 0 saturated carbocycles. The molecule has 2 aromatic heterocycles. The minimum atomic E-state index is -1.05. The molecule has 0 aliphatic heterocycles. The van der Waals surface area contributed by atoms with E-state index in [9.17, 15) is 9.59 Å². The van der Waals surface area contributed by atoms with Gasteiger partial charge < -0.3 is 10.4 Å². The van der Waals surface area contributed by atoms with E-state index in [0.717, 1.165) is 5.82 Å². The van der Waals surface area contributed by atoms with Gasteiger partial charge in [-0.05, 0) is 30.3 Å². The van der Waals surface area contributed by atoms with Crippen LogP contribution in [0.2, 0.25) is 0 Å². The largest absolute Gasteiger partial charge is 0.478 e. The quantitative estimate of drug-likeness (QED) is 0.769. The van der Waals surface area contributed by atoms with Crippen LogP contribution in [-0.4, -0.2) is 31.6 Å². The molecule has 3 aromatic rings. The number of nitrogens with one attached hydrogen (secondary N) is 1. The van der Waals surface area contributed by atoms with E-state index < -0.39 is 5.97 Å². The van der Waals surface area contributed by atoms with E-state index in [1.54, 1.807) is 28.7 Å². The van der Waals surface area contributed by atoms with Gasteiger partial charge in [-0.1, -0.05) is 19.9 Å². The predicted molar refractivity (Wildman–Crippen MR) is 88.4 cm³/mol. The first-order chi connectivity index (χ1) is 11.5. The van der Waals surface area contributed by atoms with Gasteiger partial charge in [-0.3, -0.25) is 9.20 Å². The van der Waals surface area contributed by atoms with E-state index in [2.05, 4.69) is 15.5 Å². The van der Waals surface area contributed by atoms with Crippen LogP contribution < -0.4 is 5.32 Å². The molecule has 0 bridgehead atoms. The maximum absolute atomic E-state index is 12.5. The van der Waals surface area contributed by atoms with Crippen LogP contribution >= 0.6 is 0 Å². The van der Waals surface area contributed by atoms with Gasteiger partial charge in [0.05, 0.1) is 11.1 Å². The number of amides is 1. The van der Waals surface area contributed by atoms with Crippen LogP contribution in [0.3, 0.4) is 0 Å². The predicted octanol–water partition coefficient (Wildman–Crippen LogP) is 2.80. The van der Waals surface area contributed by atoms with Crippen molar-refractivity contribution in [2.45, 2.75) is 19.8 Å². The fraction of sp³-hybridized carbons (Fsp3) is 0.176. The zero-order valence-corrected chi connectivity index (χ0v) is 13.2. The lowest BCUT2D eigenvalue weighted by Crippen LogP contribution is -2.14. The van der Waals surface area contributed by atoms with Gasteiger partial charge in [0.1, 0.15) is 5.82 Å². The molecule has 0 unspecified atom stereocenters. The third kappa shape index (κ3) is 2.83. The Morgan fingerprint density at radius 2 is 1.96 bits per heavy atom. The number of hydrogen-bond donors (Lipinski definition) is 2. The van der Waals surface area contributed by atoms with Crippen molar-refractivity contribution in [1.82, 2.24) is 14.6 Å². The molecular weight excluding hydrogens is 308 g/mol. The van der Waals surface area contributed by atoms with Crippen LogP contribution in [0, 0.1) is 0 Å². The molecular formula is C17H16N4O3. The van der Waals surface area contributed by atoms with E-state index >= 15 is 0 Å². The molecule has 0 radical (unpaired) electrons. The number of aromatic nitrogens is 3. The average Bonchev–Trinajstić information content (AvgIpc) is 2.99. The SMILES string of the molecule is CC(C)c1nnc2c(C(=O)Nc3cccc(C(=O)O)c3)cccn12. The fourth-order valence-electron chi connectivity index (χ4n) is 2.43. The minimum absolute atomic E-state index is 0.107. The number of carbonyl (C=O) groups excluding carboxylic acids is 1. The number of fused-ring (bicyclic) bond motifs is 1. The molecule has 0 aliphatic carbocycles. The summed E-state index contributed by atoms with van der Waals surface area (Å²) in [4.78, 5) is 23.6. The Kier molecular flexibility index (Phi) is 3.99. The molecule has 0 spiro atoms. The van der Waals surface area contributed by atoms with Crippen LogP contribution in [0.15, 0.2) is 42.6 Å². The number of hydrogen-bond acceptors (Lipinski definition) is 4. The summed E-state index contributed by atoms with van der Waals surface area (Å²) in [6.45, 7) is 4.00. The number of carboxylic acids is 1. The van der Waals surface area contributed by atoms with E-state index in [-0.39, 0.29) is 17.4 Å². The van der Waals surface area contributed by atoms with Crippen LogP contribution in [0.5, 0.6) is 0 Å². The standard InChI is InChI=1S/C17H16N4O3/c1-10(2)14-19-20-15-13(7-4-8-21(14)15)16(22)18-12-6-3-5-11(9-12)17(23)24/h3-10H,1-2H3,(H,18,22)(H,23,24). The van der Waals surface area contributed by atoms with Gasteiger partial charge in [0.25, 0.3) is 5.91 Å². The smallest absolute Gasteiger partial charge is 0.335 e. The number of carbonyl (C=O) groups is 2. The summed E-state index contributed by atoms with van der Waals surface area (Å²) in [6, 6.07) is 9.49. The third-order valence-corrected chi connectivity index (χ3v) is 3.59. The van der Waals surface area contributed by atoms with E-state index in [1.807, 2.05) is 20.0 Å². The van der Waals surface area contributed by atoms with Gasteiger partial charge in [-0.25, -0.2) is 4.79 Å². The summed E-state index contributed by atoms with van der Waals surface area (Å²) in [5, 5.41) is 20.0. The van der Waals surface area contributed by atoms with Gasteiger partial charge in [0.15, 0.2) is 5.65 Å². The number of rotatable bonds is 4. The number of benzene rings is 1. The Morgan fingerprint density at radius 1 is 1.17 bits per heavy atom. The molecule has 0 aliphatic rings. The summed E-state index contributed by atoms with van der Waals surface area (Å²) in [5.41, 5.74) is 1.35. The number of pyridine rings is 1. The van der Waals surface area contributed by atoms with E-state index in [4.69, 9.17) is 5.11 Å². The second-order valence-corrected chi connectivity index (χ2v) is 5.67. The first-order valence-corrected chi connectivity index (χ1v) is 7.45. The first-order valence-electron chi connectivity index (χ1n) is 7.45. The molecule has 2 N–H and O–H groups in total. The Hall–Kier alpha value is -3.22. The topological polar surface area (TPSA) is 96.6 Å². The van der Waals surface area contributed by atoms with Gasteiger partial charge in [-0.15, -0.1) is 10.2 Å². The van der Waals surface area contributed by atoms with Crippen molar-refractivity contribution < 1.29 is 14.7 Å². The molecule has 3 rings (SSSR count). The van der Waals surface area contributed by atoms with Crippen molar-refractivity contribution in [3.05, 3.63) is 59.5 Å². The lowest BCUT2D eigenvalue weighted by atomic mass is 10.2. The van der Waals surface area contributed by atoms with Gasteiger partial charge >= 0.3 is 5.97 Å². The van der Waals surface area contributed by atoms with Crippen molar-refractivity contribution in [3.63, 3.8) is 0 Å². The highest BCUT2D eigenvalue weighted by molar-refractivity contribution is 6.08. The molecule has 0 saturated heterocycles. The lowest BCUT2D eigenvalue weighted by molar-refractivity contribution is 0.0696. The fourth-order valence-corrected chi connectivity index (χ4v) is 2.43. The summed E-state index contributed by atoms with van der Waals surface area (Å²) in [7, 11) is 0. The Bertz CT molecular complexity index is 930. The second kappa shape index (κ2) is 6.11. The van der Waals surface area contributed by atoms with Gasteiger partial charge in [0, 0.05) is 17.8 Å². The van der Waals surface area contributed by atoms with Crippen molar-refractivity contribution >= 4 is 23.2 Å². The number of nitrogens with zero attached hydrogens (tertiary/aromatic N) is 3. The highest BCUT2D eigenvalue weighted by atomic mass is 16.4. The van der Waals surface area contributed by atoms with Gasteiger partial charge in [0.2, 0.25) is 0 Å². The zero-order valence-electron chi connectivity index (χ0n) is 13.2. The normalized spacial score (nSPS) is 11.0. The Morgan fingerprint density at radius 3 is 2.67 bits per heavy atom. The molecule has 1 aromatic carbocycles. The number of aromatic carboxylic acids is 1. The molecule has 7 heteroatoms. The van der Waals surface area contributed by atoms with Crippen molar-refractivity contribution in [3.8, 4) is 0 Å². The summed E-state index contributed by atoms with van der Waals surface area (Å²) < 4.78 is 1.78. The molecule has 0 fully saturated rings. The Balaban J connectivity index is 1.95. The summed E-state index contributed by atoms with van der Waals surface area (Å²) >= 11 is 0. The molecule has 24 heavy (non-hydrogen) atoms. The van der Waals surface area contributed by atoms with Gasteiger partial charge in [-0.2, -0.15) is 0 Å². The van der Waals surface area contributed by atoms with Crippen molar-refractivity contribution in [2.24, 2.45) is 0 Å². The van der Waals surface area contributed by atoms with Crippen LogP contribution in [0.4, 0.5) is 5.69 Å². The molecule has 0 atom stereocenters. The summed E-state index contributed by atoms with van der Waals surface area (Å²) in [6.07, 6.45) is 1.81. The maximum Gasteiger partial charge on any atom is 0.335 e. The Labute approximate surface area is 138 Å². The van der Waals surface area contributed by atoms with Crippen LogP contribution in [-0.2, 0) is 0 Å². The third-order valence-electron chi connectivity index (χ3n) is 3.59. The second-order valence-electron chi connectivity index (χ2n) is 5.67. The highest BCUT2D eigenvalue weighted by Crippen LogP contribution is 2.18. The maximum atomic E-state index is 12.5. The zero-order chi connectivity index (χ0) is 17.3.